The molecule has 1 aromatic heterocycles. The summed E-state index contributed by atoms with van der Waals surface area (Å²) in [7, 11) is 0. The van der Waals surface area contributed by atoms with Gasteiger partial charge in [0.2, 0.25) is 0 Å². The lowest BCUT2D eigenvalue weighted by molar-refractivity contribution is 0.561. The van der Waals surface area contributed by atoms with Gasteiger partial charge in [0.05, 0.1) is 18.8 Å². The molecule has 0 aliphatic carbocycles. The summed E-state index contributed by atoms with van der Waals surface area (Å²) in [4.78, 5) is 5.92. The standard InChI is InChI=1S/C13H18N6.HI/c1-3-19-17-10(2)12(18-19)9-15-13(14)16-11-7-5-4-6-8-11;/h4-8H,3,9H2,1-2H3,(H3,14,15,16);1H. The van der Waals surface area contributed by atoms with Crippen LogP contribution in [0.2, 0.25) is 0 Å². The molecular weight excluding hydrogens is 367 g/mol. The van der Waals surface area contributed by atoms with E-state index in [-0.39, 0.29) is 24.0 Å². The Balaban J connectivity index is 0.00000200. The smallest absolute Gasteiger partial charge is 0.193 e. The van der Waals surface area contributed by atoms with Crippen LogP contribution in [0.25, 0.3) is 0 Å². The zero-order chi connectivity index (χ0) is 13.7. The Bertz CT molecular complexity index is 563. The Morgan fingerprint density at radius 2 is 2.00 bits per heavy atom. The van der Waals surface area contributed by atoms with Crippen LogP contribution in [0.3, 0.4) is 0 Å². The predicted octanol–water partition coefficient (Wildman–Crippen LogP) is 2.15. The molecule has 0 aliphatic heterocycles. The highest BCUT2D eigenvalue weighted by molar-refractivity contribution is 14.0. The molecule has 2 aromatic rings. The maximum atomic E-state index is 5.83. The van der Waals surface area contributed by atoms with Crippen molar-refractivity contribution < 1.29 is 0 Å². The van der Waals surface area contributed by atoms with E-state index in [0.717, 1.165) is 23.6 Å². The molecule has 108 valence electrons. The van der Waals surface area contributed by atoms with Gasteiger partial charge in [0, 0.05) is 5.69 Å². The minimum absolute atomic E-state index is 0. The van der Waals surface area contributed by atoms with Crippen molar-refractivity contribution in [2.45, 2.75) is 26.9 Å². The summed E-state index contributed by atoms with van der Waals surface area (Å²) in [6, 6.07) is 9.69. The molecule has 7 heteroatoms. The van der Waals surface area contributed by atoms with Crippen LogP contribution in [0.4, 0.5) is 5.69 Å². The van der Waals surface area contributed by atoms with Gasteiger partial charge >= 0.3 is 0 Å². The highest BCUT2D eigenvalue weighted by Crippen LogP contribution is 2.05. The van der Waals surface area contributed by atoms with E-state index in [1.807, 2.05) is 44.2 Å². The summed E-state index contributed by atoms with van der Waals surface area (Å²) < 4.78 is 0. The minimum Gasteiger partial charge on any atom is -0.370 e. The second-order valence-electron chi connectivity index (χ2n) is 4.11. The largest absolute Gasteiger partial charge is 0.370 e. The fourth-order valence-corrected chi connectivity index (χ4v) is 1.62. The number of nitrogens with two attached hydrogens (primary N) is 1. The van der Waals surface area contributed by atoms with Crippen LogP contribution in [-0.4, -0.2) is 21.0 Å². The van der Waals surface area contributed by atoms with Gasteiger partial charge in [-0.2, -0.15) is 15.0 Å². The molecule has 0 atom stereocenters. The molecule has 1 heterocycles. The number of halogens is 1. The molecule has 20 heavy (non-hydrogen) atoms. The molecule has 0 unspecified atom stereocenters. The molecule has 0 saturated carbocycles. The third-order valence-corrected chi connectivity index (χ3v) is 2.65. The lowest BCUT2D eigenvalue weighted by Crippen LogP contribution is -2.22. The van der Waals surface area contributed by atoms with Gasteiger partial charge in [-0.15, -0.1) is 24.0 Å². The Kier molecular flexibility index (Phi) is 6.43. The maximum absolute atomic E-state index is 5.83. The molecule has 2 rings (SSSR count). The molecular formula is C13H19IN6. The van der Waals surface area contributed by atoms with E-state index >= 15 is 0 Å². The van der Waals surface area contributed by atoms with Crippen molar-refractivity contribution in [3.8, 4) is 0 Å². The van der Waals surface area contributed by atoms with Gasteiger partial charge in [-0.05, 0) is 26.0 Å². The number of nitrogens with zero attached hydrogens (tertiary/aromatic N) is 4. The minimum atomic E-state index is 0. The molecule has 0 saturated heterocycles. The molecule has 6 nitrogen and oxygen atoms in total. The lowest BCUT2D eigenvalue weighted by Gasteiger charge is -2.04. The van der Waals surface area contributed by atoms with Crippen molar-refractivity contribution in [1.29, 1.82) is 0 Å². The predicted molar refractivity (Wildman–Crippen MR) is 91.2 cm³/mol. The Morgan fingerprint density at radius 3 is 2.60 bits per heavy atom. The number of aliphatic imine (C=N–C) groups is 1. The van der Waals surface area contributed by atoms with Gasteiger partial charge in [-0.25, -0.2) is 4.99 Å². The van der Waals surface area contributed by atoms with Crippen molar-refractivity contribution in [2.24, 2.45) is 10.7 Å². The second-order valence-corrected chi connectivity index (χ2v) is 4.11. The number of hydrogen-bond acceptors (Lipinski definition) is 3. The Hall–Kier alpha value is -1.64. The molecule has 0 spiro atoms. The van der Waals surface area contributed by atoms with Gasteiger partial charge < -0.3 is 11.1 Å². The first-order valence-electron chi connectivity index (χ1n) is 6.21. The highest BCUT2D eigenvalue weighted by atomic mass is 127. The Morgan fingerprint density at radius 1 is 1.30 bits per heavy atom. The first-order valence-corrected chi connectivity index (χ1v) is 6.21. The van der Waals surface area contributed by atoms with Crippen molar-refractivity contribution >= 4 is 35.6 Å². The summed E-state index contributed by atoms with van der Waals surface area (Å²) >= 11 is 0. The summed E-state index contributed by atoms with van der Waals surface area (Å²) in [5.74, 6) is 0.372. The van der Waals surface area contributed by atoms with Crippen molar-refractivity contribution in [2.75, 3.05) is 5.32 Å². The third kappa shape index (κ3) is 4.48. The third-order valence-electron chi connectivity index (χ3n) is 2.65. The monoisotopic (exact) mass is 386 g/mol. The molecule has 0 fully saturated rings. The molecule has 3 N–H and O–H groups in total. The fourth-order valence-electron chi connectivity index (χ4n) is 1.62. The first-order chi connectivity index (χ1) is 9.19. The number of rotatable bonds is 4. The molecule has 1 aromatic carbocycles. The van der Waals surface area contributed by atoms with E-state index in [2.05, 4.69) is 20.5 Å². The molecule has 0 radical (unpaired) electrons. The van der Waals surface area contributed by atoms with Crippen molar-refractivity contribution in [1.82, 2.24) is 15.0 Å². The number of aromatic nitrogens is 3. The Labute approximate surface area is 135 Å². The molecule has 0 bridgehead atoms. The van der Waals surface area contributed by atoms with Crippen LogP contribution >= 0.6 is 24.0 Å². The number of aryl methyl sites for hydroxylation is 2. The van der Waals surface area contributed by atoms with Crippen LogP contribution in [0, 0.1) is 6.92 Å². The summed E-state index contributed by atoms with van der Waals surface area (Å²) in [5.41, 5.74) is 8.48. The lowest BCUT2D eigenvalue weighted by atomic mass is 10.3. The molecule has 0 aliphatic rings. The van der Waals surface area contributed by atoms with Crippen LogP contribution in [-0.2, 0) is 13.1 Å². The van der Waals surface area contributed by atoms with Crippen LogP contribution in [0.15, 0.2) is 35.3 Å². The van der Waals surface area contributed by atoms with E-state index in [0.29, 0.717) is 12.5 Å². The van der Waals surface area contributed by atoms with E-state index < -0.39 is 0 Å². The van der Waals surface area contributed by atoms with Gasteiger partial charge in [0.1, 0.15) is 5.69 Å². The van der Waals surface area contributed by atoms with Gasteiger partial charge in [0.15, 0.2) is 5.96 Å². The van der Waals surface area contributed by atoms with E-state index in [4.69, 9.17) is 5.73 Å². The first kappa shape index (κ1) is 16.4. The number of benzene rings is 1. The van der Waals surface area contributed by atoms with Crippen LogP contribution in [0.5, 0.6) is 0 Å². The number of nitrogens with one attached hydrogen (secondary N) is 1. The topological polar surface area (TPSA) is 81.1 Å². The van der Waals surface area contributed by atoms with Crippen LogP contribution < -0.4 is 11.1 Å². The number of anilines is 1. The fraction of sp³-hybridized carbons (Fsp3) is 0.308. The summed E-state index contributed by atoms with van der Waals surface area (Å²) in [6.07, 6.45) is 0. The highest BCUT2D eigenvalue weighted by Gasteiger charge is 2.05. The number of guanidine groups is 1. The van der Waals surface area contributed by atoms with Crippen LogP contribution in [0.1, 0.15) is 18.3 Å². The average molecular weight is 386 g/mol. The summed E-state index contributed by atoms with van der Waals surface area (Å²) in [6.45, 7) is 5.10. The second kappa shape index (κ2) is 7.83. The van der Waals surface area contributed by atoms with E-state index in [1.165, 1.54) is 0 Å². The number of para-hydroxylation sites is 1. The normalized spacial score (nSPS) is 11.0. The summed E-state index contributed by atoms with van der Waals surface area (Å²) in [5, 5.41) is 11.6. The van der Waals surface area contributed by atoms with Gasteiger partial charge in [0.25, 0.3) is 0 Å². The zero-order valence-corrected chi connectivity index (χ0v) is 13.9. The van der Waals surface area contributed by atoms with Gasteiger partial charge in [-0.3, -0.25) is 0 Å². The average Bonchev–Trinajstić information content (AvgIpc) is 2.78. The SMILES string of the molecule is CCn1nc(C)c(CN=C(N)Nc2ccccc2)n1.I. The number of hydrogen-bond donors (Lipinski definition) is 2. The van der Waals surface area contributed by atoms with Crippen molar-refractivity contribution in [3.63, 3.8) is 0 Å². The van der Waals surface area contributed by atoms with E-state index in [1.54, 1.807) is 4.80 Å². The van der Waals surface area contributed by atoms with Gasteiger partial charge in [-0.1, -0.05) is 18.2 Å². The quantitative estimate of drug-likeness (QED) is 0.480. The zero-order valence-electron chi connectivity index (χ0n) is 11.6. The van der Waals surface area contributed by atoms with Crippen molar-refractivity contribution in [3.05, 3.63) is 41.7 Å². The maximum Gasteiger partial charge on any atom is 0.193 e. The molecule has 0 amide bonds. The van der Waals surface area contributed by atoms with E-state index in [9.17, 15) is 0 Å².